The van der Waals surface area contributed by atoms with Crippen LogP contribution in [0.25, 0.3) is 0 Å². The summed E-state index contributed by atoms with van der Waals surface area (Å²) in [7, 11) is 0. The smallest absolute Gasteiger partial charge is 0.305 e. The first-order valence-corrected chi connectivity index (χ1v) is 23.3. The van der Waals surface area contributed by atoms with Crippen LogP contribution in [0.4, 0.5) is 0 Å². The minimum Gasteiger partial charge on any atom is -0.466 e. The summed E-state index contributed by atoms with van der Waals surface area (Å²) in [6.45, 7) is 4.79. The largest absolute Gasteiger partial charge is 0.466 e. The molecule has 316 valence electrons. The number of hydrogen-bond donors (Lipinski definition) is 3. The number of nitrogens with one attached hydrogen (secondary N) is 1. The number of carbonyl (C=O) groups is 2. The highest BCUT2D eigenvalue weighted by molar-refractivity contribution is 5.76. The fraction of sp³-hybridized carbons (Fsp3) is 0.833. The summed E-state index contributed by atoms with van der Waals surface area (Å²) in [6, 6.07) is -0.638. The van der Waals surface area contributed by atoms with Gasteiger partial charge in [-0.1, -0.05) is 179 Å². The zero-order chi connectivity index (χ0) is 39.4. The highest BCUT2D eigenvalue weighted by Gasteiger charge is 2.18. The average Bonchev–Trinajstić information content (AvgIpc) is 3.17. The average molecular weight is 760 g/mol. The first kappa shape index (κ1) is 52.1. The fourth-order valence-electron chi connectivity index (χ4n) is 6.72. The van der Waals surface area contributed by atoms with Crippen molar-refractivity contribution >= 4 is 11.9 Å². The molecule has 0 aromatic carbocycles. The maximum absolute atomic E-state index is 12.4. The molecule has 0 aromatic rings. The summed E-state index contributed by atoms with van der Waals surface area (Å²) in [5.41, 5.74) is 0. The van der Waals surface area contributed by atoms with E-state index >= 15 is 0 Å². The number of aliphatic hydroxyl groups is 2. The topological polar surface area (TPSA) is 95.9 Å². The highest BCUT2D eigenvalue weighted by atomic mass is 16.5. The molecule has 2 atom stereocenters. The Bertz CT molecular complexity index is 884. The maximum Gasteiger partial charge on any atom is 0.305 e. The second kappa shape index (κ2) is 43.8. The van der Waals surface area contributed by atoms with Crippen molar-refractivity contribution < 1.29 is 24.5 Å². The Morgan fingerprint density at radius 3 is 1.37 bits per heavy atom. The number of allylic oxidation sites excluding steroid dienone is 5. The molecule has 0 fully saturated rings. The van der Waals surface area contributed by atoms with Crippen molar-refractivity contribution in [1.29, 1.82) is 0 Å². The molecule has 54 heavy (non-hydrogen) atoms. The van der Waals surface area contributed by atoms with E-state index in [1.165, 1.54) is 135 Å². The molecular weight excluding hydrogens is 671 g/mol. The number of esters is 1. The van der Waals surface area contributed by atoms with E-state index in [4.69, 9.17) is 4.74 Å². The van der Waals surface area contributed by atoms with Crippen LogP contribution in [-0.2, 0) is 14.3 Å². The molecule has 3 N–H and O–H groups in total. The second-order valence-corrected chi connectivity index (χ2v) is 15.7. The van der Waals surface area contributed by atoms with Crippen molar-refractivity contribution in [1.82, 2.24) is 5.32 Å². The molecular formula is C48H89NO5. The first-order valence-electron chi connectivity index (χ1n) is 23.3. The predicted molar refractivity (Wildman–Crippen MR) is 232 cm³/mol. The number of carbonyl (C=O) groups excluding carboxylic acids is 2. The Labute approximate surface area is 334 Å². The summed E-state index contributed by atoms with van der Waals surface area (Å²) in [6.07, 6.45) is 51.3. The molecule has 0 saturated carbocycles. The van der Waals surface area contributed by atoms with Crippen LogP contribution in [0.5, 0.6) is 0 Å². The summed E-state index contributed by atoms with van der Waals surface area (Å²) < 4.78 is 5.42. The third kappa shape index (κ3) is 39.8. The van der Waals surface area contributed by atoms with Gasteiger partial charge in [0.25, 0.3) is 0 Å². The second-order valence-electron chi connectivity index (χ2n) is 15.7. The lowest BCUT2D eigenvalue weighted by Gasteiger charge is -2.20. The number of unbranched alkanes of at least 4 members (excludes halogenated alkanes) is 27. The summed E-state index contributed by atoms with van der Waals surface area (Å²) >= 11 is 0. The first-order chi connectivity index (χ1) is 26.5. The van der Waals surface area contributed by atoms with Crippen LogP contribution >= 0.6 is 0 Å². The molecule has 0 spiro atoms. The molecule has 2 unspecified atom stereocenters. The summed E-state index contributed by atoms with van der Waals surface area (Å²) in [5.74, 6) is -0.110. The van der Waals surface area contributed by atoms with Crippen LogP contribution in [0, 0.1) is 0 Å². The van der Waals surface area contributed by atoms with E-state index in [0.717, 1.165) is 70.6 Å². The van der Waals surface area contributed by atoms with E-state index in [1.54, 1.807) is 6.08 Å². The minimum atomic E-state index is -0.853. The normalized spacial score (nSPS) is 13.0. The van der Waals surface area contributed by atoms with Crippen LogP contribution in [0.1, 0.15) is 232 Å². The van der Waals surface area contributed by atoms with Gasteiger partial charge in [0.1, 0.15) is 0 Å². The molecule has 0 radical (unpaired) electrons. The van der Waals surface area contributed by atoms with Gasteiger partial charge in [0, 0.05) is 12.8 Å². The minimum absolute atomic E-state index is 0.0235. The molecule has 0 aromatic heterocycles. The molecule has 6 heteroatoms. The quantitative estimate of drug-likeness (QED) is 0.0327. The molecule has 0 aliphatic heterocycles. The maximum atomic E-state index is 12.4. The lowest BCUT2D eigenvalue weighted by atomic mass is 10.1. The molecule has 0 bridgehead atoms. The van der Waals surface area contributed by atoms with Gasteiger partial charge in [-0.15, -0.1) is 0 Å². The Kier molecular flexibility index (Phi) is 42.2. The molecule has 0 heterocycles. The molecule has 0 aliphatic carbocycles. The van der Waals surface area contributed by atoms with E-state index < -0.39 is 12.1 Å². The SMILES string of the molecule is CCCC/C=C\CCCCCCCC(=O)OCCCCCC/C=C\CCCCCCCCCC(=O)NC(CO)C(O)/C=C/CCCCCCCCCCC. The summed E-state index contributed by atoms with van der Waals surface area (Å²) in [4.78, 5) is 24.3. The van der Waals surface area contributed by atoms with Crippen molar-refractivity contribution in [2.75, 3.05) is 13.2 Å². The Hall–Kier alpha value is -1.92. The lowest BCUT2D eigenvalue weighted by molar-refractivity contribution is -0.143. The van der Waals surface area contributed by atoms with Gasteiger partial charge in [0.05, 0.1) is 25.4 Å². The number of amides is 1. The van der Waals surface area contributed by atoms with Gasteiger partial charge >= 0.3 is 5.97 Å². The van der Waals surface area contributed by atoms with Gasteiger partial charge in [0.2, 0.25) is 5.91 Å². The Morgan fingerprint density at radius 1 is 0.500 bits per heavy atom. The zero-order valence-corrected chi connectivity index (χ0v) is 35.7. The van der Waals surface area contributed by atoms with Gasteiger partial charge in [-0.05, 0) is 77.0 Å². The van der Waals surface area contributed by atoms with Gasteiger partial charge in [0.15, 0.2) is 0 Å². The molecule has 0 rings (SSSR count). The van der Waals surface area contributed by atoms with Crippen molar-refractivity contribution in [3.8, 4) is 0 Å². The third-order valence-electron chi connectivity index (χ3n) is 10.4. The number of ether oxygens (including phenoxy) is 1. The summed E-state index contributed by atoms with van der Waals surface area (Å²) in [5, 5.41) is 22.9. The number of hydrogen-bond acceptors (Lipinski definition) is 5. The van der Waals surface area contributed by atoms with Gasteiger partial charge in [-0.2, -0.15) is 0 Å². The van der Waals surface area contributed by atoms with E-state index in [-0.39, 0.29) is 18.5 Å². The lowest BCUT2D eigenvalue weighted by Crippen LogP contribution is -2.45. The van der Waals surface area contributed by atoms with Crippen LogP contribution in [0.3, 0.4) is 0 Å². The standard InChI is InChI=1S/C48H89NO5/c1-3-5-7-9-11-13-20-24-28-32-36-40-46(51)45(44-50)49-47(52)41-37-33-29-25-22-18-16-15-17-19-23-27-31-35-39-43-54-48(53)42-38-34-30-26-21-14-12-10-8-6-4-2/h10,12,17,19,36,40,45-46,50-51H,3-9,11,13-16,18,20-35,37-39,41-44H2,1-2H3,(H,49,52)/b12-10-,19-17-,40-36+. The number of aliphatic hydroxyl groups excluding tert-OH is 2. The fourth-order valence-corrected chi connectivity index (χ4v) is 6.72. The van der Waals surface area contributed by atoms with Gasteiger partial charge in [-0.3, -0.25) is 9.59 Å². The monoisotopic (exact) mass is 760 g/mol. The van der Waals surface area contributed by atoms with E-state index in [1.807, 2.05) is 6.08 Å². The van der Waals surface area contributed by atoms with E-state index in [2.05, 4.69) is 43.5 Å². The molecule has 1 amide bonds. The molecule has 0 aliphatic rings. The van der Waals surface area contributed by atoms with Crippen LogP contribution < -0.4 is 5.32 Å². The van der Waals surface area contributed by atoms with Crippen molar-refractivity contribution in [3.05, 3.63) is 36.5 Å². The highest BCUT2D eigenvalue weighted by Crippen LogP contribution is 2.13. The van der Waals surface area contributed by atoms with E-state index in [9.17, 15) is 19.8 Å². The van der Waals surface area contributed by atoms with E-state index in [0.29, 0.717) is 19.4 Å². The third-order valence-corrected chi connectivity index (χ3v) is 10.4. The van der Waals surface area contributed by atoms with Crippen molar-refractivity contribution in [2.45, 2.75) is 244 Å². The van der Waals surface area contributed by atoms with Gasteiger partial charge < -0.3 is 20.3 Å². The zero-order valence-electron chi connectivity index (χ0n) is 35.7. The van der Waals surface area contributed by atoms with Crippen molar-refractivity contribution in [3.63, 3.8) is 0 Å². The Balaban J connectivity index is 3.53. The predicted octanol–water partition coefficient (Wildman–Crippen LogP) is 13.3. The number of rotatable bonds is 42. The van der Waals surface area contributed by atoms with Crippen LogP contribution in [0.2, 0.25) is 0 Å². The Morgan fingerprint density at radius 2 is 0.889 bits per heavy atom. The van der Waals surface area contributed by atoms with Crippen LogP contribution in [0.15, 0.2) is 36.5 Å². The van der Waals surface area contributed by atoms with Crippen molar-refractivity contribution in [2.24, 2.45) is 0 Å². The molecule has 6 nitrogen and oxygen atoms in total. The van der Waals surface area contributed by atoms with Crippen LogP contribution in [-0.4, -0.2) is 47.4 Å². The van der Waals surface area contributed by atoms with Gasteiger partial charge in [-0.25, -0.2) is 0 Å². The molecule has 0 saturated heterocycles.